The molecule has 0 radical (unpaired) electrons. The number of hydrogen-bond donors (Lipinski definition) is 3. The summed E-state index contributed by atoms with van der Waals surface area (Å²) in [6.07, 6.45) is 3.02. The maximum Gasteiger partial charge on any atom is 0.248 e. The summed E-state index contributed by atoms with van der Waals surface area (Å²) >= 11 is 0. The molecule has 0 aliphatic carbocycles. The van der Waals surface area contributed by atoms with Gasteiger partial charge in [0.2, 0.25) is 15.9 Å². The number of aromatic amines is 1. The fourth-order valence-electron chi connectivity index (χ4n) is 3.10. The number of H-pyrrole nitrogens is 1. The minimum absolute atomic E-state index is 0.163. The zero-order chi connectivity index (χ0) is 21.8. The van der Waals surface area contributed by atoms with Crippen molar-refractivity contribution in [3.8, 4) is 11.4 Å². The molecule has 0 atom stereocenters. The molecule has 0 saturated carbocycles. The highest BCUT2D eigenvalue weighted by Crippen LogP contribution is 2.27. The van der Waals surface area contributed by atoms with Gasteiger partial charge in [0.15, 0.2) is 0 Å². The summed E-state index contributed by atoms with van der Waals surface area (Å²) in [5.74, 6) is 0.359. The number of benzene rings is 3. The number of sulfonamides is 1. The Labute approximate surface area is 179 Å². The number of para-hydroxylation sites is 3. The van der Waals surface area contributed by atoms with Crippen LogP contribution in [0, 0.1) is 0 Å². The second kappa shape index (κ2) is 8.55. The van der Waals surface area contributed by atoms with Gasteiger partial charge in [-0.15, -0.1) is 0 Å². The average molecular weight is 433 g/mol. The third kappa shape index (κ3) is 4.55. The first-order valence-corrected chi connectivity index (χ1v) is 11.0. The number of nitrogens with one attached hydrogen (secondary N) is 3. The molecule has 0 saturated heterocycles. The van der Waals surface area contributed by atoms with Crippen molar-refractivity contribution < 1.29 is 13.2 Å². The molecule has 4 rings (SSSR count). The number of amides is 1. The van der Waals surface area contributed by atoms with E-state index in [9.17, 15) is 13.2 Å². The van der Waals surface area contributed by atoms with Gasteiger partial charge in [-0.3, -0.25) is 4.79 Å². The SMILES string of the molecule is CNS(=O)(=O)c1ccc(C=CC(=O)Nc2ccccc2-c2nc3ccccc3[nH]2)cc1. The highest BCUT2D eigenvalue weighted by atomic mass is 32.2. The molecule has 0 aliphatic heterocycles. The van der Waals surface area contributed by atoms with Crippen LogP contribution < -0.4 is 10.0 Å². The summed E-state index contributed by atoms with van der Waals surface area (Å²) < 4.78 is 25.8. The molecule has 3 N–H and O–H groups in total. The molecule has 156 valence electrons. The van der Waals surface area contributed by atoms with Crippen molar-refractivity contribution in [2.75, 3.05) is 12.4 Å². The van der Waals surface area contributed by atoms with Gasteiger partial charge in [0.1, 0.15) is 5.82 Å². The fourth-order valence-corrected chi connectivity index (χ4v) is 3.83. The van der Waals surface area contributed by atoms with Gasteiger partial charge < -0.3 is 10.3 Å². The Bertz CT molecular complexity index is 1340. The van der Waals surface area contributed by atoms with E-state index in [-0.39, 0.29) is 10.8 Å². The number of imidazole rings is 1. The molecule has 0 aliphatic rings. The summed E-state index contributed by atoms with van der Waals surface area (Å²) in [6.45, 7) is 0. The third-order valence-corrected chi connectivity index (χ3v) is 6.15. The number of carbonyl (C=O) groups is 1. The quantitative estimate of drug-likeness (QED) is 0.403. The summed E-state index contributed by atoms with van der Waals surface area (Å²) in [6, 6.07) is 21.4. The third-order valence-electron chi connectivity index (χ3n) is 4.72. The lowest BCUT2D eigenvalue weighted by Gasteiger charge is -2.07. The van der Waals surface area contributed by atoms with E-state index in [0.29, 0.717) is 17.1 Å². The lowest BCUT2D eigenvalue weighted by Crippen LogP contribution is -2.18. The van der Waals surface area contributed by atoms with Gasteiger partial charge in [-0.1, -0.05) is 36.4 Å². The van der Waals surface area contributed by atoms with Crippen LogP contribution in [0.4, 0.5) is 5.69 Å². The Balaban J connectivity index is 1.52. The highest BCUT2D eigenvalue weighted by Gasteiger charge is 2.12. The lowest BCUT2D eigenvalue weighted by atomic mass is 10.1. The Hall–Kier alpha value is -3.75. The van der Waals surface area contributed by atoms with Crippen molar-refractivity contribution in [1.82, 2.24) is 14.7 Å². The Morgan fingerprint density at radius 1 is 0.968 bits per heavy atom. The van der Waals surface area contributed by atoms with Crippen molar-refractivity contribution in [2.24, 2.45) is 0 Å². The van der Waals surface area contributed by atoms with E-state index in [1.165, 1.54) is 25.3 Å². The van der Waals surface area contributed by atoms with E-state index in [0.717, 1.165) is 16.6 Å². The van der Waals surface area contributed by atoms with E-state index < -0.39 is 10.0 Å². The second-order valence-electron chi connectivity index (χ2n) is 6.75. The van der Waals surface area contributed by atoms with Crippen molar-refractivity contribution in [1.29, 1.82) is 0 Å². The number of nitrogens with zero attached hydrogens (tertiary/aromatic N) is 1. The smallest absolute Gasteiger partial charge is 0.248 e. The molecular weight excluding hydrogens is 412 g/mol. The molecule has 0 fully saturated rings. The van der Waals surface area contributed by atoms with Gasteiger partial charge in [-0.05, 0) is 55.1 Å². The average Bonchev–Trinajstić information content (AvgIpc) is 3.22. The number of fused-ring (bicyclic) bond motifs is 1. The van der Waals surface area contributed by atoms with Crippen LogP contribution in [0.1, 0.15) is 5.56 Å². The molecule has 1 aromatic heterocycles. The summed E-state index contributed by atoms with van der Waals surface area (Å²) in [7, 11) is -2.13. The van der Waals surface area contributed by atoms with Gasteiger partial charge >= 0.3 is 0 Å². The van der Waals surface area contributed by atoms with E-state index in [4.69, 9.17) is 0 Å². The first-order valence-electron chi connectivity index (χ1n) is 9.53. The molecule has 8 heteroatoms. The van der Waals surface area contributed by atoms with Crippen LogP contribution in [0.5, 0.6) is 0 Å². The standard InChI is InChI=1S/C23H20N4O3S/c1-24-31(29,30)17-13-10-16(11-14-17)12-15-22(28)25-19-7-3-2-6-18(19)23-26-20-8-4-5-9-21(20)27-23/h2-15,24H,1H3,(H,25,28)(H,26,27). The molecular formula is C23H20N4O3S. The molecule has 1 amide bonds. The summed E-state index contributed by atoms with van der Waals surface area (Å²) in [4.78, 5) is 20.5. The second-order valence-corrected chi connectivity index (χ2v) is 8.63. The summed E-state index contributed by atoms with van der Waals surface area (Å²) in [5.41, 5.74) is 3.88. The maximum atomic E-state index is 12.5. The number of carbonyl (C=O) groups excluding carboxylic acids is 1. The van der Waals surface area contributed by atoms with E-state index in [1.54, 1.807) is 18.2 Å². The Morgan fingerprint density at radius 3 is 2.42 bits per heavy atom. The molecule has 3 aromatic carbocycles. The molecule has 0 spiro atoms. The highest BCUT2D eigenvalue weighted by molar-refractivity contribution is 7.89. The minimum Gasteiger partial charge on any atom is -0.338 e. The van der Waals surface area contributed by atoms with Crippen LogP contribution in [0.25, 0.3) is 28.5 Å². The number of hydrogen-bond acceptors (Lipinski definition) is 4. The number of rotatable bonds is 6. The van der Waals surface area contributed by atoms with Crippen LogP contribution in [0.3, 0.4) is 0 Å². The van der Waals surface area contributed by atoms with Crippen molar-refractivity contribution in [3.63, 3.8) is 0 Å². The maximum absolute atomic E-state index is 12.5. The van der Waals surface area contributed by atoms with Gasteiger partial charge in [-0.25, -0.2) is 18.1 Å². The predicted molar refractivity (Wildman–Crippen MR) is 122 cm³/mol. The lowest BCUT2D eigenvalue weighted by molar-refractivity contribution is -0.111. The Kier molecular flexibility index (Phi) is 5.66. The molecule has 0 bridgehead atoms. The van der Waals surface area contributed by atoms with E-state index in [1.807, 2.05) is 48.5 Å². The van der Waals surface area contributed by atoms with E-state index >= 15 is 0 Å². The van der Waals surface area contributed by atoms with Gasteiger partial charge in [0.25, 0.3) is 0 Å². The van der Waals surface area contributed by atoms with Gasteiger partial charge in [-0.2, -0.15) is 0 Å². The summed E-state index contributed by atoms with van der Waals surface area (Å²) in [5, 5.41) is 2.88. The Morgan fingerprint density at radius 2 is 1.68 bits per heavy atom. The van der Waals surface area contributed by atoms with Crippen molar-refractivity contribution in [2.45, 2.75) is 4.90 Å². The fraction of sp³-hybridized carbons (Fsp3) is 0.0435. The first-order chi connectivity index (χ1) is 15.0. The first kappa shape index (κ1) is 20.5. The zero-order valence-electron chi connectivity index (χ0n) is 16.7. The monoisotopic (exact) mass is 432 g/mol. The number of anilines is 1. The largest absolute Gasteiger partial charge is 0.338 e. The molecule has 7 nitrogen and oxygen atoms in total. The predicted octanol–water partition coefficient (Wildman–Crippen LogP) is 3.79. The van der Waals surface area contributed by atoms with Gasteiger partial charge in [0.05, 0.1) is 21.6 Å². The van der Waals surface area contributed by atoms with E-state index in [2.05, 4.69) is 20.0 Å². The van der Waals surface area contributed by atoms with Crippen LogP contribution >= 0.6 is 0 Å². The molecule has 4 aromatic rings. The molecule has 0 unspecified atom stereocenters. The van der Waals surface area contributed by atoms with Gasteiger partial charge in [0, 0.05) is 11.6 Å². The van der Waals surface area contributed by atoms with Crippen molar-refractivity contribution >= 4 is 38.7 Å². The minimum atomic E-state index is -3.49. The van der Waals surface area contributed by atoms with Crippen LogP contribution in [-0.2, 0) is 14.8 Å². The van der Waals surface area contributed by atoms with Crippen LogP contribution in [0.15, 0.2) is 83.8 Å². The molecule has 1 heterocycles. The van der Waals surface area contributed by atoms with Crippen LogP contribution in [-0.4, -0.2) is 31.3 Å². The zero-order valence-corrected chi connectivity index (χ0v) is 17.5. The van der Waals surface area contributed by atoms with Crippen molar-refractivity contribution in [3.05, 3.63) is 84.4 Å². The van der Waals surface area contributed by atoms with Crippen LogP contribution in [0.2, 0.25) is 0 Å². The topological polar surface area (TPSA) is 104 Å². The number of aromatic nitrogens is 2. The normalized spacial score (nSPS) is 11.8. The molecule has 31 heavy (non-hydrogen) atoms.